The Bertz CT molecular complexity index is 593. The molecule has 0 radical (unpaired) electrons. The van der Waals surface area contributed by atoms with E-state index in [9.17, 15) is 0 Å². The van der Waals surface area contributed by atoms with E-state index in [0.29, 0.717) is 0 Å². The molecule has 0 N–H and O–H groups in total. The highest BCUT2D eigenvalue weighted by Gasteiger charge is 2.40. The molecule has 4 aliphatic carbocycles. The van der Waals surface area contributed by atoms with E-state index in [1.165, 1.54) is 64.2 Å². The van der Waals surface area contributed by atoms with Crippen LogP contribution in [0.4, 0.5) is 0 Å². The smallest absolute Gasteiger partial charge is 0.0292 e. The maximum absolute atomic E-state index is 2.51. The van der Waals surface area contributed by atoms with Gasteiger partial charge in [-0.15, -0.1) is 0 Å². The minimum Gasteiger partial charge on any atom is -0.0651 e. The van der Waals surface area contributed by atoms with Crippen molar-refractivity contribution in [2.24, 2.45) is 40.4 Å². The zero-order valence-corrected chi connectivity index (χ0v) is 24.6. The minimum absolute atomic E-state index is 0.742. The Balaban J connectivity index is 1.28. The highest BCUT2D eigenvalue weighted by molar-refractivity contribution is 4.92. The van der Waals surface area contributed by atoms with Crippen molar-refractivity contribution in [2.75, 3.05) is 0 Å². The molecular formula is C35H64. The van der Waals surface area contributed by atoms with Crippen LogP contribution in [-0.2, 0) is 0 Å². The predicted octanol–water partition coefficient (Wildman–Crippen LogP) is 11.9. The van der Waals surface area contributed by atoms with Crippen molar-refractivity contribution in [1.29, 1.82) is 0 Å². The van der Waals surface area contributed by atoms with E-state index in [0.717, 1.165) is 40.4 Å². The van der Waals surface area contributed by atoms with Gasteiger partial charge in [-0.1, -0.05) is 124 Å². The van der Waals surface area contributed by atoms with Gasteiger partial charge in [0.25, 0.3) is 0 Å². The van der Waals surface area contributed by atoms with Gasteiger partial charge >= 0.3 is 0 Å². The van der Waals surface area contributed by atoms with Gasteiger partial charge in [-0.3, -0.25) is 0 Å². The first-order valence-electron chi connectivity index (χ1n) is 17.0. The average molecular weight is 485 g/mol. The fraction of sp³-hybridized carbons (Fsp3) is 1.00. The number of hydrogen-bond donors (Lipinski definition) is 0. The Labute approximate surface area is 221 Å². The molecule has 4 fully saturated rings. The molecule has 0 heteroatoms. The summed E-state index contributed by atoms with van der Waals surface area (Å²) in [4.78, 5) is 0. The SMILES string of the molecule is CCC(C)CC1CCCC2(CCCCCC(CCCC3CCCC4(CCCCC(CC)C4)C3)C2)C1. The van der Waals surface area contributed by atoms with E-state index in [1.807, 2.05) is 0 Å². The second kappa shape index (κ2) is 13.7. The molecule has 2 spiro atoms. The normalized spacial score (nSPS) is 40.2. The maximum Gasteiger partial charge on any atom is -0.0292 e. The summed E-state index contributed by atoms with van der Waals surface area (Å²) >= 11 is 0. The second-order valence-electron chi connectivity index (χ2n) is 15.0. The summed E-state index contributed by atoms with van der Waals surface area (Å²) in [6, 6.07) is 0. The van der Waals surface area contributed by atoms with Crippen LogP contribution in [0.1, 0.15) is 181 Å². The third-order valence-electron chi connectivity index (χ3n) is 12.1. The molecule has 0 nitrogen and oxygen atoms in total. The summed E-state index contributed by atoms with van der Waals surface area (Å²) in [5.41, 5.74) is 1.50. The van der Waals surface area contributed by atoms with Crippen LogP contribution in [0, 0.1) is 40.4 Å². The molecule has 0 aromatic heterocycles. The Morgan fingerprint density at radius 3 is 1.71 bits per heavy atom. The molecule has 35 heavy (non-hydrogen) atoms. The lowest BCUT2D eigenvalue weighted by Gasteiger charge is -2.45. The van der Waals surface area contributed by atoms with Gasteiger partial charge in [0.05, 0.1) is 0 Å². The van der Waals surface area contributed by atoms with Crippen molar-refractivity contribution < 1.29 is 0 Å². The van der Waals surface area contributed by atoms with Gasteiger partial charge in [-0.25, -0.2) is 0 Å². The second-order valence-corrected chi connectivity index (χ2v) is 15.0. The molecule has 0 heterocycles. The third kappa shape index (κ3) is 8.24. The van der Waals surface area contributed by atoms with E-state index in [2.05, 4.69) is 20.8 Å². The zero-order valence-electron chi connectivity index (χ0n) is 24.6. The fourth-order valence-corrected chi connectivity index (χ4v) is 10.1. The summed E-state index contributed by atoms with van der Waals surface area (Å²) in [6.07, 6.45) is 38.6. The molecular weight excluding hydrogens is 420 g/mol. The fourth-order valence-electron chi connectivity index (χ4n) is 10.1. The summed E-state index contributed by atoms with van der Waals surface area (Å²) in [7, 11) is 0. The quantitative estimate of drug-likeness (QED) is 0.321. The van der Waals surface area contributed by atoms with Gasteiger partial charge in [0.2, 0.25) is 0 Å². The average Bonchev–Trinajstić information content (AvgIpc) is 3.04. The van der Waals surface area contributed by atoms with Crippen LogP contribution in [0.5, 0.6) is 0 Å². The third-order valence-corrected chi connectivity index (χ3v) is 12.1. The van der Waals surface area contributed by atoms with Gasteiger partial charge < -0.3 is 0 Å². The summed E-state index contributed by atoms with van der Waals surface area (Å²) in [5, 5.41) is 0. The van der Waals surface area contributed by atoms with Gasteiger partial charge in [-0.2, -0.15) is 0 Å². The monoisotopic (exact) mass is 485 g/mol. The topological polar surface area (TPSA) is 0 Å². The summed E-state index contributed by atoms with van der Waals surface area (Å²) < 4.78 is 0. The van der Waals surface area contributed by atoms with Crippen LogP contribution < -0.4 is 0 Å². The lowest BCUT2D eigenvalue weighted by Crippen LogP contribution is -2.33. The zero-order chi connectivity index (χ0) is 24.6. The molecule has 0 aromatic rings. The minimum atomic E-state index is 0.742. The Morgan fingerprint density at radius 1 is 0.571 bits per heavy atom. The highest BCUT2D eigenvalue weighted by Crippen LogP contribution is 2.53. The standard InChI is InChI=1S/C35H64/c1-4-29(3)24-33-19-13-23-35(28-33)20-9-6-7-15-31(26-35)16-11-17-32-18-12-22-34(27-32)21-10-8-14-30(5-2)25-34/h29-33H,4-28H2,1-3H3. The lowest BCUT2D eigenvalue weighted by atomic mass is 9.60. The van der Waals surface area contributed by atoms with Crippen LogP contribution in [0.15, 0.2) is 0 Å². The summed E-state index contributed by atoms with van der Waals surface area (Å²) in [6.45, 7) is 7.38. The van der Waals surface area contributed by atoms with Crippen LogP contribution in [-0.4, -0.2) is 0 Å². The Hall–Kier alpha value is 0. The van der Waals surface area contributed by atoms with Crippen LogP contribution in [0.2, 0.25) is 0 Å². The molecule has 4 rings (SSSR count). The molecule has 4 aliphatic rings. The van der Waals surface area contributed by atoms with Crippen molar-refractivity contribution in [3.8, 4) is 0 Å². The van der Waals surface area contributed by atoms with E-state index in [-0.39, 0.29) is 0 Å². The van der Waals surface area contributed by atoms with Gasteiger partial charge in [-0.05, 0) is 98.2 Å². The summed E-state index contributed by atoms with van der Waals surface area (Å²) in [5.74, 6) is 5.15. The molecule has 0 aliphatic heterocycles. The molecule has 0 saturated heterocycles. The lowest BCUT2D eigenvalue weighted by molar-refractivity contribution is 0.0643. The highest BCUT2D eigenvalue weighted by atomic mass is 14.5. The first kappa shape index (κ1) is 28.0. The molecule has 204 valence electrons. The molecule has 0 amide bonds. The van der Waals surface area contributed by atoms with Crippen LogP contribution in [0.25, 0.3) is 0 Å². The molecule has 7 atom stereocenters. The van der Waals surface area contributed by atoms with Gasteiger partial charge in [0.1, 0.15) is 0 Å². The number of rotatable bonds is 8. The van der Waals surface area contributed by atoms with Gasteiger partial charge in [0.15, 0.2) is 0 Å². The van der Waals surface area contributed by atoms with E-state index >= 15 is 0 Å². The largest absolute Gasteiger partial charge is 0.0651 e. The van der Waals surface area contributed by atoms with Crippen molar-refractivity contribution >= 4 is 0 Å². The van der Waals surface area contributed by atoms with Crippen molar-refractivity contribution in [3.63, 3.8) is 0 Å². The molecule has 0 aromatic carbocycles. The van der Waals surface area contributed by atoms with E-state index in [1.54, 1.807) is 96.3 Å². The molecule has 7 unspecified atom stereocenters. The Kier molecular flexibility index (Phi) is 11.0. The van der Waals surface area contributed by atoms with E-state index in [4.69, 9.17) is 0 Å². The molecule has 0 bridgehead atoms. The van der Waals surface area contributed by atoms with E-state index < -0.39 is 0 Å². The first-order chi connectivity index (χ1) is 17.0. The Morgan fingerprint density at radius 2 is 1.06 bits per heavy atom. The van der Waals surface area contributed by atoms with Crippen molar-refractivity contribution in [1.82, 2.24) is 0 Å². The van der Waals surface area contributed by atoms with Crippen LogP contribution >= 0.6 is 0 Å². The first-order valence-corrected chi connectivity index (χ1v) is 17.0. The predicted molar refractivity (Wildman–Crippen MR) is 155 cm³/mol. The van der Waals surface area contributed by atoms with Crippen LogP contribution in [0.3, 0.4) is 0 Å². The number of hydrogen-bond acceptors (Lipinski definition) is 0. The van der Waals surface area contributed by atoms with Crippen molar-refractivity contribution in [2.45, 2.75) is 181 Å². The van der Waals surface area contributed by atoms with Crippen molar-refractivity contribution in [3.05, 3.63) is 0 Å². The molecule has 4 saturated carbocycles. The van der Waals surface area contributed by atoms with Gasteiger partial charge in [0, 0.05) is 0 Å². The maximum atomic E-state index is 2.51.